The Hall–Kier alpha value is -3.87. The first kappa shape index (κ1) is 26.7. The third kappa shape index (κ3) is 5.49. The lowest BCUT2D eigenvalue weighted by Crippen LogP contribution is -2.03. The van der Waals surface area contributed by atoms with Gasteiger partial charge in [0.1, 0.15) is 29.5 Å². The van der Waals surface area contributed by atoms with Gasteiger partial charge >= 0.3 is 5.97 Å². The van der Waals surface area contributed by atoms with Crippen LogP contribution in [0.5, 0.6) is 5.75 Å². The van der Waals surface area contributed by atoms with Crippen LogP contribution in [0, 0.1) is 0 Å². The molecule has 0 radical (unpaired) electrons. The topological polar surface area (TPSA) is 74.5 Å². The summed E-state index contributed by atoms with van der Waals surface area (Å²) >= 11 is 13.0. The number of rotatable bonds is 8. The van der Waals surface area contributed by atoms with Gasteiger partial charge in [-0.3, -0.25) is 0 Å². The highest BCUT2D eigenvalue weighted by atomic mass is 35.5. The van der Waals surface area contributed by atoms with Crippen LogP contribution in [0.2, 0.25) is 10.0 Å². The number of methoxy groups -OCH3 is 1. The first-order chi connectivity index (χ1) is 18.9. The van der Waals surface area contributed by atoms with Gasteiger partial charge in [-0.15, -0.1) is 0 Å². The standard InChI is InChI=1S/C31H26Cl2N2O4/c1-4-18(2)30-23(29(35-39-30)28-24(32)6-5-7-25(28)33)17-38-22-12-8-19(9-13-22)20-10-14-26-21(16-20)11-15-27(34-26)31(36)37-3/h5-16,18H,4,17H2,1-3H3/t18-/m1/s1. The molecule has 2 aromatic heterocycles. The van der Waals surface area contributed by atoms with E-state index in [1.165, 1.54) is 7.11 Å². The van der Waals surface area contributed by atoms with Crippen LogP contribution in [0.15, 0.2) is 77.3 Å². The molecule has 39 heavy (non-hydrogen) atoms. The molecule has 0 N–H and O–H groups in total. The van der Waals surface area contributed by atoms with E-state index in [4.69, 9.17) is 37.2 Å². The van der Waals surface area contributed by atoms with Crippen molar-refractivity contribution in [3.63, 3.8) is 0 Å². The number of carbonyl (C=O) groups is 1. The summed E-state index contributed by atoms with van der Waals surface area (Å²) in [6.45, 7) is 4.44. The summed E-state index contributed by atoms with van der Waals surface area (Å²) < 4.78 is 16.7. The Morgan fingerprint density at radius 1 is 0.974 bits per heavy atom. The van der Waals surface area contributed by atoms with Crippen molar-refractivity contribution >= 4 is 40.1 Å². The van der Waals surface area contributed by atoms with Gasteiger partial charge in [0.15, 0.2) is 0 Å². The molecule has 0 saturated heterocycles. The molecule has 2 heterocycles. The molecule has 5 aromatic rings. The van der Waals surface area contributed by atoms with E-state index in [1.807, 2.05) is 48.5 Å². The lowest BCUT2D eigenvalue weighted by atomic mass is 9.98. The van der Waals surface area contributed by atoms with E-state index in [0.717, 1.165) is 39.8 Å². The monoisotopic (exact) mass is 560 g/mol. The minimum absolute atomic E-state index is 0.152. The number of hydrogen-bond acceptors (Lipinski definition) is 6. The molecule has 0 aliphatic heterocycles. The summed E-state index contributed by atoms with van der Waals surface area (Å²) in [7, 11) is 1.34. The largest absolute Gasteiger partial charge is 0.489 e. The molecule has 0 saturated carbocycles. The predicted molar refractivity (Wildman–Crippen MR) is 154 cm³/mol. The summed E-state index contributed by atoms with van der Waals surface area (Å²) in [5, 5.41) is 6.27. The van der Waals surface area contributed by atoms with E-state index in [0.29, 0.717) is 27.1 Å². The van der Waals surface area contributed by atoms with E-state index >= 15 is 0 Å². The van der Waals surface area contributed by atoms with Crippen molar-refractivity contribution in [3.05, 3.63) is 99.9 Å². The number of aromatic nitrogens is 2. The second-order valence-electron chi connectivity index (χ2n) is 9.19. The molecule has 5 rings (SSSR count). The number of carbonyl (C=O) groups excluding carboxylic acids is 1. The van der Waals surface area contributed by atoms with Crippen LogP contribution < -0.4 is 4.74 Å². The number of esters is 1. The van der Waals surface area contributed by atoms with Crippen LogP contribution in [0.3, 0.4) is 0 Å². The minimum atomic E-state index is -0.457. The summed E-state index contributed by atoms with van der Waals surface area (Å²) in [6, 6.07) is 22.7. The fraction of sp³-hybridized carbons (Fsp3) is 0.194. The van der Waals surface area contributed by atoms with Gasteiger partial charge in [0.25, 0.3) is 0 Å². The molecule has 0 aliphatic carbocycles. The number of halogens is 2. The number of pyridine rings is 1. The van der Waals surface area contributed by atoms with Gasteiger partial charge in [0.2, 0.25) is 0 Å². The zero-order valence-electron chi connectivity index (χ0n) is 21.7. The van der Waals surface area contributed by atoms with Crippen LogP contribution in [0.1, 0.15) is 48.0 Å². The summed E-state index contributed by atoms with van der Waals surface area (Å²) in [5.74, 6) is 1.16. The normalized spacial score (nSPS) is 11.9. The Bertz CT molecular complexity index is 1630. The van der Waals surface area contributed by atoms with Gasteiger partial charge < -0.3 is 14.0 Å². The average molecular weight is 561 g/mol. The van der Waals surface area contributed by atoms with Crippen molar-refractivity contribution < 1.29 is 18.8 Å². The maximum Gasteiger partial charge on any atom is 0.356 e. The van der Waals surface area contributed by atoms with E-state index in [9.17, 15) is 4.79 Å². The molecule has 0 amide bonds. The Labute approximate surface area is 236 Å². The fourth-order valence-corrected chi connectivity index (χ4v) is 4.95. The van der Waals surface area contributed by atoms with Crippen LogP contribution in [-0.4, -0.2) is 23.2 Å². The molecule has 1 atom stereocenters. The second kappa shape index (κ2) is 11.5. The minimum Gasteiger partial charge on any atom is -0.489 e. The lowest BCUT2D eigenvalue weighted by Gasteiger charge is -2.12. The summed E-state index contributed by atoms with van der Waals surface area (Å²) in [6.07, 6.45) is 0.887. The molecule has 0 spiro atoms. The molecule has 0 fully saturated rings. The maximum absolute atomic E-state index is 11.8. The van der Waals surface area contributed by atoms with Crippen molar-refractivity contribution in [2.75, 3.05) is 7.11 Å². The lowest BCUT2D eigenvalue weighted by molar-refractivity contribution is 0.0594. The Morgan fingerprint density at radius 3 is 2.38 bits per heavy atom. The smallest absolute Gasteiger partial charge is 0.356 e. The highest BCUT2D eigenvalue weighted by Gasteiger charge is 2.24. The number of hydrogen-bond donors (Lipinski definition) is 0. The highest BCUT2D eigenvalue weighted by Crippen LogP contribution is 2.39. The van der Waals surface area contributed by atoms with Gasteiger partial charge in [-0.2, -0.15) is 0 Å². The molecule has 198 valence electrons. The Kier molecular flexibility index (Phi) is 7.87. The van der Waals surface area contributed by atoms with Crippen molar-refractivity contribution in [2.24, 2.45) is 0 Å². The third-order valence-electron chi connectivity index (χ3n) is 6.73. The van der Waals surface area contributed by atoms with E-state index in [2.05, 4.69) is 24.0 Å². The van der Waals surface area contributed by atoms with Gasteiger partial charge in [-0.05, 0) is 60.0 Å². The van der Waals surface area contributed by atoms with Crippen molar-refractivity contribution in [2.45, 2.75) is 32.8 Å². The zero-order chi connectivity index (χ0) is 27.5. The molecule has 6 nitrogen and oxygen atoms in total. The highest BCUT2D eigenvalue weighted by molar-refractivity contribution is 6.39. The molecule has 3 aromatic carbocycles. The first-order valence-corrected chi connectivity index (χ1v) is 13.3. The fourth-order valence-electron chi connectivity index (χ4n) is 4.38. The number of nitrogens with zero attached hydrogens (tertiary/aromatic N) is 2. The molecule has 0 aliphatic rings. The van der Waals surface area contributed by atoms with Gasteiger partial charge in [0, 0.05) is 16.9 Å². The SMILES string of the molecule is CC[C@@H](C)c1onc(-c2c(Cl)cccc2Cl)c1COc1ccc(-c2ccc3nc(C(=O)OC)ccc3c2)cc1. The van der Waals surface area contributed by atoms with Gasteiger partial charge in [-0.1, -0.05) is 72.5 Å². The predicted octanol–water partition coefficient (Wildman–Crippen LogP) is 8.74. The maximum atomic E-state index is 11.8. The van der Waals surface area contributed by atoms with E-state index < -0.39 is 5.97 Å². The van der Waals surface area contributed by atoms with Gasteiger partial charge in [-0.25, -0.2) is 9.78 Å². The van der Waals surface area contributed by atoms with Crippen LogP contribution >= 0.6 is 23.2 Å². The number of benzene rings is 3. The molecule has 0 unspecified atom stereocenters. The van der Waals surface area contributed by atoms with Crippen LogP contribution in [-0.2, 0) is 11.3 Å². The summed E-state index contributed by atoms with van der Waals surface area (Å²) in [4.78, 5) is 16.2. The first-order valence-electron chi connectivity index (χ1n) is 12.5. The van der Waals surface area contributed by atoms with Crippen molar-refractivity contribution in [1.82, 2.24) is 10.1 Å². The van der Waals surface area contributed by atoms with Crippen molar-refractivity contribution in [1.29, 1.82) is 0 Å². The molecule has 8 heteroatoms. The zero-order valence-corrected chi connectivity index (χ0v) is 23.2. The number of ether oxygens (including phenoxy) is 2. The Morgan fingerprint density at radius 2 is 1.69 bits per heavy atom. The van der Waals surface area contributed by atoms with Gasteiger partial charge in [0.05, 0.1) is 28.2 Å². The quantitative estimate of drug-likeness (QED) is 0.176. The average Bonchev–Trinajstić information content (AvgIpc) is 3.38. The molecular weight excluding hydrogens is 535 g/mol. The van der Waals surface area contributed by atoms with Crippen molar-refractivity contribution in [3.8, 4) is 28.1 Å². The Balaban J connectivity index is 1.38. The summed E-state index contributed by atoms with van der Waals surface area (Å²) in [5.41, 5.74) is 5.11. The number of fused-ring (bicyclic) bond motifs is 1. The van der Waals surface area contributed by atoms with E-state index in [-0.39, 0.29) is 18.2 Å². The second-order valence-corrected chi connectivity index (χ2v) is 10.0. The van der Waals surface area contributed by atoms with E-state index in [1.54, 1.807) is 24.3 Å². The van der Waals surface area contributed by atoms with Crippen LogP contribution in [0.4, 0.5) is 0 Å². The third-order valence-corrected chi connectivity index (χ3v) is 7.36. The van der Waals surface area contributed by atoms with Crippen LogP contribution in [0.25, 0.3) is 33.3 Å². The molecular formula is C31H26Cl2N2O4. The molecule has 0 bridgehead atoms.